The maximum Gasteiger partial charge on any atom is 0.255 e. The molecular formula is C26H26N4O3. The van der Waals surface area contributed by atoms with Gasteiger partial charge < -0.3 is 14.4 Å². The molecule has 0 radical (unpaired) electrons. The van der Waals surface area contributed by atoms with Crippen molar-refractivity contribution in [2.24, 2.45) is 0 Å². The molecule has 1 atom stereocenters. The van der Waals surface area contributed by atoms with E-state index in [1.54, 1.807) is 26.6 Å². The van der Waals surface area contributed by atoms with E-state index in [0.717, 1.165) is 46.5 Å². The minimum atomic E-state index is -0.0464. The minimum Gasteiger partial charge on any atom is -0.497 e. The summed E-state index contributed by atoms with van der Waals surface area (Å²) in [6, 6.07) is 17.7. The Kier molecular flexibility index (Phi) is 5.69. The normalized spacial score (nSPS) is 15.7. The van der Waals surface area contributed by atoms with Gasteiger partial charge in [-0.25, -0.2) is 9.67 Å². The van der Waals surface area contributed by atoms with E-state index in [-0.39, 0.29) is 11.9 Å². The average Bonchev–Trinajstić information content (AvgIpc) is 3.51. The number of hydrogen-bond acceptors (Lipinski definition) is 5. The minimum absolute atomic E-state index is 0.0272. The molecule has 2 aromatic carbocycles. The Hall–Kier alpha value is -3.87. The molecule has 0 saturated carbocycles. The topological polar surface area (TPSA) is 69.5 Å². The van der Waals surface area contributed by atoms with Gasteiger partial charge in [-0.2, -0.15) is 5.10 Å². The molecule has 7 heteroatoms. The predicted molar refractivity (Wildman–Crippen MR) is 126 cm³/mol. The van der Waals surface area contributed by atoms with E-state index < -0.39 is 0 Å². The second kappa shape index (κ2) is 8.94. The van der Waals surface area contributed by atoms with Crippen molar-refractivity contribution in [1.82, 2.24) is 19.7 Å². The van der Waals surface area contributed by atoms with Crippen LogP contribution in [-0.4, -0.2) is 46.3 Å². The number of fused-ring (bicyclic) bond motifs is 1. The van der Waals surface area contributed by atoms with Crippen molar-refractivity contribution in [2.45, 2.75) is 25.4 Å². The first-order valence-corrected chi connectivity index (χ1v) is 11.1. The van der Waals surface area contributed by atoms with Gasteiger partial charge >= 0.3 is 0 Å². The summed E-state index contributed by atoms with van der Waals surface area (Å²) >= 11 is 0. The summed E-state index contributed by atoms with van der Waals surface area (Å²) in [5.41, 5.74) is 3.48. The molecule has 1 aliphatic rings. The van der Waals surface area contributed by atoms with Crippen molar-refractivity contribution in [3.8, 4) is 11.5 Å². The lowest BCUT2D eigenvalue weighted by Crippen LogP contribution is -2.30. The molecule has 0 aliphatic carbocycles. The van der Waals surface area contributed by atoms with E-state index in [1.807, 2.05) is 52.0 Å². The fourth-order valence-corrected chi connectivity index (χ4v) is 4.55. The molecule has 0 unspecified atom stereocenters. The Morgan fingerprint density at radius 3 is 2.70 bits per heavy atom. The first-order valence-electron chi connectivity index (χ1n) is 11.1. The first kappa shape index (κ1) is 21.0. The molecule has 1 saturated heterocycles. The molecule has 7 nitrogen and oxygen atoms in total. The molecular weight excluding hydrogens is 416 g/mol. The summed E-state index contributed by atoms with van der Waals surface area (Å²) in [6.07, 6.45) is 5.26. The van der Waals surface area contributed by atoms with Gasteiger partial charge in [0.15, 0.2) is 5.65 Å². The van der Waals surface area contributed by atoms with Gasteiger partial charge in [0.2, 0.25) is 0 Å². The molecule has 3 heterocycles. The molecule has 2 aromatic heterocycles. The molecule has 5 rings (SSSR count). The summed E-state index contributed by atoms with van der Waals surface area (Å²) in [7, 11) is 3.27. The van der Waals surface area contributed by atoms with E-state index in [9.17, 15) is 4.79 Å². The van der Waals surface area contributed by atoms with Crippen LogP contribution in [0.4, 0.5) is 0 Å². The number of carbonyl (C=O) groups excluding carboxylic acids is 1. The number of likely N-dealkylation sites (tertiary alicyclic amines) is 1. The van der Waals surface area contributed by atoms with Gasteiger partial charge in [0.05, 0.1) is 38.6 Å². The summed E-state index contributed by atoms with van der Waals surface area (Å²) in [5, 5.41) is 5.35. The summed E-state index contributed by atoms with van der Waals surface area (Å²) in [6.45, 7) is 1.33. The third-order valence-corrected chi connectivity index (χ3v) is 6.21. The summed E-state index contributed by atoms with van der Waals surface area (Å²) in [5.74, 6) is 1.43. The summed E-state index contributed by atoms with van der Waals surface area (Å²) < 4.78 is 12.8. The third-order valence-electron chi connectivity index (χ3n) is 6.21. The molecule has 33 heavy (non-hydrogen) atoms. The van der Waals surface area contributed by atoms with Gasteiger partial charge in [-0.15, -0.1) is 0 Å². The second-order valence-electron chi connectivity index (χ2n) is 8.19. The van der Waals surface area contributed by atoms with Crippen LogP contribution in [-0.2, 0) is 6.54 Å². The van der Waals surface area contributed by atoms with Crippen LogP contribution in [0.1, 0.15) is 40.4 Å². The van der Waals surface area contributed by atoms with Gasteiger partial charge in [0.25, 0.3) is 5.91 Å². The number of nitrogens with zero attached hydrogens (tertiary/aromatic N) is 4. The van der Waals surface area contributed by atoms with E-state index in [2.05, 4.69) is 22.2 Å². The highest BCUT2D eigenvalue weighted by Crippen LogP contribution is 2.39. The Balaban J connectivity index is 1.41. The van der Waals surface area contributed by atoms with Crippen LogP contribution in [0.2, 0.25) is 0 Å². The van der Waals surface area contributed by atoms with E-state index in [1.165, 1.54) is 0 Å². The Morgan fingerprint density at radius 1 is 1.06 bits per heavy atom. The SMILES string of the molecule is COc1ccc([C@@H]2CCCN2C(=O)c2cnc3c(cnn3Cc3ccccc3)c2)c(OC)c1. The molecule has 1 aliphatic heterocycles. The highest BCUT2D eigenvalue weighted by molar-refractivity contribution is 5.97. The first-order chi connectivity index (χ1) is 16.2. The van der Waals surface area contributed by atoms with Crippen molar-refractivity contribution in [3.05, 3.63) is 83.7 Å². The summed E-state index contributed by atoms with van der Waals surface area (Å²) in [4.78, 5) is 20.0. The number of benzene rings is 2. The zero-order valence-electron chi connectivity index (χ0n) is 18.8. The van der Waals surface area contributed by atoms with E-state index in [4.69, 9.17) is 9.47 Å². The van der Waals surface area contributed by atoms with Crippen molar-refractivity contribution < 1.29 is 14.3 Å². The van der Waals surface area contributed by atoms with Crippen molar-refractivity contribution in [1.29, 1.82) is 0 Å². The fourth-order valence-electron chi connectivity index (χ4n) is 4.55. The van der Waals surface area contributed by atoms with Crippen molar-refractivity contribution in [2.75, 3.05) is 20.8 Å². The number of carbonyl (C=O) groups is 1. The number of aromatic nitrogens is 3. The van der Waals surface area contributed by atoms with Gasteiger partial charge in [0, 0.05) is 29.8 Å². The zero-order chi connectivity index (χ0) is 22.8. The molecule has 1 fully saturated rings. The quantitative estimate of drug-likeness (QED) is 0.441. The van der Waals surface area contributed by atoms with Crippen LogP contribution in [0.15, 0.2) is 67.0 Å². The van der Waals surface area contributed by atoms with Crippen LogP contribution in [0.25, 0.3) is 11.0 Å². The number of methoxy groups -OCH3 is 2. The standard InChI is InChI=1S/C26H26N4O3/c1-32-21-10-11-22(24(14-21)33-2)23-9-6-12-29(23)26(31)20-13-19-16-28-30(25(19)27-15-20)17-18-7-4-3-5-8-18/h3-5,7-8,10-11,13-16,23H,6,9,12,17H2,1-2H3/t23-/m0/s1. The van der Waals surface area contributed by atoms with Gasteiger partial charge in [-0.05, 0) is 36.6 Å². The Bertz CT molecular complexity index is 1290. The number of pyridine rings is 1. The van der Waals surface area contributed by atoms with Crippen LogP contribution >= 0.6 is 0 Å². The maximum absolute atomic E-state index is 13.5. The van der Waals surface area contributed by atoms with Crippen LogP contribution in [0.5, 0.6) is 11.5 Å². The molecule has 4 aromatic rings. The van der Waals surface area contributed by atoms with Gasteiger partial charge in [0.1, 0.15) is 11.5 Å². The highest BCUT2D eigenvalue weighted by Gasteiger charge is 2.33. The monoisotopic (exact) mass is 442 g/mol. The number of hydrogen-bond donors (Lipinski definition) is 0. The van der Waals surface area contributed by atoms with Crippen LogP contribution < -0.4 is 9.47 Å². The van der Waals surface area contributed by atoms with Crippen LogP contribution in [0, 0.1) is 0 Å². The van der Waals surface area contributed by atoms with E-state index in [0.29, 0.717) is 18.7 Å². The van der Waals surface area contributed by atoms with Crippen molar-refractivity contribution in [3.63, 3.8) is 0 Å². The second-order valence-corrected chi connectivity index (χ2v) is 8.19. The highest BCUT2D eigenvalue weighted by atomic mass is 16.5. The lowest BCUT2D eigenvalue weighted by Gasteiger charge is -2.26. The Labute approximate surface area is 192 Å². The van der Waals surface area contributed by atoms with Gasteiger partial charge in [-0.1, -0.05) is 30.3 Å². The number of rotatable bonds is 6. The average molecular weight is 443 g/mol. The molecule has 0 bridgehead atoms. The third kappa shape index (κ3) is 4.02. The molecule has 0 N–H and O–H groups in total. The Morgan fingerprint density at radius 2 is 1.91 bits per heavy atom. The maximum atomic E-state index is 13.5. The predicted octanol–water partition coefficient (Wildman–Crippen LogP) is 4.47. The van der Waals surface area contributed by atoms with Crippen molar-refractivity contribution >= 4 is 16.9 Å². The van der Waals surface area contributed by atoms with Crippen LogP contribution in [0.3, 0.4) is 0 Å². The van der Waals surface area contributed by atoms with E-state index >= 15 is 0 Å². The number of ether oxygens (including phenoxy) is 2. The molecule has 0 spiro atoms. The largest absolute Gasteiger partial charge is 0.497 e. The lowest BCUT2D eigenvalue weighted by molar-refractivity contribution is 0.0734. The zero-order valence-corrected chi connectivity index (χ0v) is 18.8. The number of amides is 1. The smallest absolute Gasteiger partial charge is 0.255 e. The lowest BCUT2D eigenvalue weighted by atomic mass is 10.0. The fraction of sp³-hybridized carbons (Fsp3) is 0.269. The van der Waals surface area contributed by atoms with Gasteiger partial charge in [-0.3, -0.25) is 4.79 Å². The molecule has 1 amide bonds. The molecule has 168 valence electrons.